The molecule has 0 aliphatic carbocycles. The minimum atomic E-state index is -5.23. The number of nitrogens with zero attached hydrogens (tertiary/aromatic N) is 9. The molecule has 0 amide bonds. The van der Waals surface area contributed by atoms with E-state index in [1.54, 1.807) is 71.3 Å². The first kappa shape index (κ1) is 48.8. The highest BCUT2D eigenvalue weighted by Crippen LogP contribution is 2.48. The van der Waals surface area contributed by atoms with E-state index < -0.39 is 34.6 Å². The molecule has 0 fully saturated rings. The van der Waals surface area contributed by atoms with Crippen molar-refractivity contribution in [2.45, 2.75) is 12.4 Å². The standard InChI is InChI=1S/C63H27F6N9/c64-62(65,66)52-8-5-9-53(63(67,68)69)61(52)39-15-19-58(78-55-11-4-2-7-47(55)50-25-38(14-18-57(50)78)60-43(33-75)22-36(29-71)23-44(60)34-76)51(26-39)48-27-45(16-12-40(48)30-72)77-54-10-3-1-6-46(54)49-24-37(13-17-56(49)77)59-41(31-73)20-35(28-70)21-42(59)32-74/h1-27H. The van der Waals surface area contributed by atoms with Crippen molar-refractivity contribution in [2.75, 3.05) is 0 Å². The number of alkyl halides is 6. The first-order valence-corrected chi connectivity index (χ1v) is 23.5. The van der Waals surface area contributed by atoms with Gasteiger partial charge >= 0.3 is 12.4 Å². The lowest BCUT2D eigenvalue weighted by Gasteiger charge is -2.22. The van der Waals surface area contributed by atoms with Crippen molar-refractivity contribution in [3.63, 3.8) is 0 Å². The van der Waals surface area contributed by atoms with Crippen LogP contribution < -0.4 is 0 Å². The number of rotatable bonds is 6. The maximum atomic E-state index is 15.0. The lowest BCUT2D eigenvalue weighted by atomic mass is 9.89. The van der Waals surface area contributed by atoms with Gasteiger partial charge in [0.1, 0.15) is 0 Å². The number of para-hydroxylation sites is 2. The molecule has 78 heavy (non-hydrogen) atoms. The van der Waals surface area contributed by atoms with Gasteiger partial charge in [0.15, 0.2) is 0 Å². The summed E-state index contributed by atoms with van der Waals surface area (Å²) in [6.07, 6.45) is -10.5. The van der Waals surface area contributed by atoms with Crippen molar-refractivity contribution < 1.29 is 26.3 Å². The van der Waals surface area contributed by atoms with Gasteiger partial charge in [-0.3, -0.25) is 0 Å². The molecule has 15 heteroatoms. The molecule has 0 N–H and O–H groups in total. The molecule has 0 saturated heterocycles. The van der Waals surface area contributed by atoms with Crippen molar-refractivity contribution in [3.8, 4) is 98.4 Å². The van der Waals surface area contributed by atoms with E-state index in [4.69, 9.17) is 0 Å². The summed E-state index contributed by atoms with van der Waals surface area (Å²) in [5.41, 5.74) is 0.800. The first-order valence-electron chi connectivity index (χ1n) is 23.5. The summed E-state index contributed by atoms with van der Waals surface area (Å²) in [5, 5.41) is 73.6. The molecule has 0 radical (unpaired) electrons. The van der Waals surface area contributed by atoms with Crippen LogP contribution in [0.2, 0.25) is 0 Å². The predicted molar refractivity (Wildman–Crippen MR) is 280 cm³/mol. The van der Waals surface area contributed by atoms with Crippen LogP contribution in [-0.4, -0.2) is 9.13 Å². The van der Waals surface area contributed by atoms with E-state index in [1.165, 1.54) is 48.5 Å². The van der Waals surface area contributed by atoms with E-state index in [-0.39, 0.29) is 61.3 Å². The normalized spacial score (nSPS) is 11.4. The fraction of sp³-hybridized carbons (Fsp3) is 0.0317. The minimum absolute atomic E-state index is 0.0196. The maximum Gasteiger partial charge on any atom is 0.417 e. The molecule has 2 aromatic heterocycles. The molecule has 0 aliphatic rings. The van der Waals surface area contributed by atoms with Crippen LogP contribution in [0.1, 0.15) is 50.1 Å². The molecular formula is C63H27F6N9. The average Bonchev–Trinajstić information content (AvgIpc) is 4.20. The Balaban J connectivity index is 1.21. The minimum Gasteiger partial charge on any atom is -0.309 e. The molecule has 0 saturated carbocycles. The molecular weight excluding hydrogens is 997 g/mol. The van der Waals surface area contributed by atoms with E-state index in [0.717, 1.165) is 5.39 Å². The van der Waals surface area contributed by atoms with E-state index >= 15 is 0 Å². The number of benzene rings is 9. The third-order valence-electron chi connectivity index (χ3n) is 13.8. The summed E-state index contributed by atoms with van der Waals surface area (Å²) < 4.78 is 93.5. The number of fused-ring (bicyclic) bond motifs is 6. The van der Waals surface area contributed by atoms with Gasteiger partial charge in [-0.25, -0.2) is 0 Å². The van der Waals surface area contributed by atoms with Crippen molar-refractivity contribution in [2.24, 2.45) is 0 Å². The molecule has 0 unspecified atom stereocenters. The molecule has 0 bridgehead atoms. The number of nitriles is 7. The lowest BCUT2D eigenvalue weighted by Crippen LogP contribution is -2.14. The first-order chi connectivity index (χ1) is 37.6. The summed E-state index contributed by atoms with van der Waals surface area (Å²) in [6, 6.07) is 55.6. The van der Waals surface area contributed by atoms with Crippen LogP contribution in [0.25, 0.3) is 99.5 Å². The predicted octanol–water partition coefficient (Wildman–Crippen LogP) is 15.7. The SMILES string of the molecule is N#Cc1cc(C#N)c(-c2ccc3c(c2)c2ccccc2n3-c2ccc(C#N)c(-c3cc(-c4c(C(F)(F)F)cccc4C(F)(F)F)ccc3-n3c4ccccc4c4cc(-c5c(C#N)cc(C#N)cc5C#N)ccc43)c2)c(C#N)c1. The Hall–Kier alpha value is -11.4. The van der Waals surface area contributed by atoms with Crippen LogP contribution in [-0.2, 0) is 12.4 Å². The molecule has 0 aliphatic heterocycles. The van der Waals surface area contributed by atoms with Crippen LogP contribution in [0, 0.1) is 79.3 Å². The second kappa shape index (κ2) is 18.5. The Bertz CT molecular complexity index is 4650. The zero-order chi connectivity index (χ0) is 54.8. The number of aromatic nitrogens is 2. The van der Waals surface area contributed by atoms with Crippen LogP contribution in [0.15, 0.2) is 164 Å². The van der Waals surface area contributed by atoms with Gasteiger partial charge in [0.05, 0.1) is 120 Å². The van der Waals surface area contributed by atoms with Crippen molar-refractivity contribution in [1.82, 2.24) is 9.13 Å². The number of halogens is 6. The van der Waals surface area contributed by atoms with Gasteiger partial charge in [0.25, 0.3) is 0 Å². The topological polar surface area (TPSA) is 176 Å². The molecule has 9 nitrogen and oxygen atoms in total. The quantitative estimate of drug-likeness (QED) is 0.149. The monoisotopic (exact) mass is 1020 g/mol. The van der Waals surface area contributed by atoms with Gasteiger partial charge in [-0.05, 0) is 120 Å². The van der Waals surface area contributed by atoms with Gasteiger partial charge in [0, 0.05) is 55.0 Å². The van der Waals surface area contributed by atoms with E-state index in [2.05, 4.69) is 30.3 Å². The zero-order valence-electron chi connectivity index (χ0n) is 39.9. The third kappa shape index (κ3) is 7.83. The molecule has 0 spiro atoms. The largest absolute Gasteiger partial charge is 0.417 e. The van der Waals surface area contributed by atoms with Crippen LogP contribution >= 0.6 is 0 Å². The van der Waals surface area contributed by atoms with Gasteiger partial charge in [-0.1, -0.05) is 60.7 Å². The molecule has 9 aromatic carbocycles. The summed E-state index contributed by atoms with van der Waals surface area (Å²) in [6.45, 7) is 0. The van der Waals surface area contributed by atoms with Crippen molar-refractivity contribution >= 4 is 43.6 Å². The van der Waals surface area contributed by atoms with E-state index in [0.29, 0.717) is 78.8 Å². The number of hydrogen-bond donors (Lipinski definition) is 0. The van der Waals surface area contributed by atoms with Crippen LogP contribution in [0.4, 0.5) is 26.3 Å². The number of hydrogen-bond acceptors (Lipinski definition) is 7. The molecule has 11 rings (SSSR count). The highest BCUT2D eigenvalue weighted by molar-refractivity contribution is 6.12. The van der Waals surface area contributed by atoms with Crippen LogP contribution in [0.5, 0.6) is 0 Å². The smallest absolute Gasteiger partial charge is 0.309 e. The van der Waals surface area contributed by atoms with Crippen LogP contribution in [0.3, 0.4) is 0 Å². The zero-order valence-corrected chi connectivity index (χ0v) is 39.9. The van der Waals surface area contributed by atoms with Gasteiger partial charge < -0.3 is 9.13 Å². The van der Waals surface area contributed by atoms with Gasteiger partial charge in [0.2, 0.25) is 0 Å². The second-order valence-electron chi connectivity index (χ2n) is 18.0. The third-order valence-corrected chi connectivity index (χ3v) is 13.8. The summed E-state index contributed by atoms with van der Waals surface area (Å²) in [5.74, 6) is 0. The Morgan fingerprint density at radius 2 is 0.744 bits per heavy atom. The average molecular weight is 1020 g/mol. The lowest BCUT2D eigenvalue weighted by molar-refractivity contribution is -0.142. The highest BCUT2D eigenvalue weighted by Gasteiger charge is 2.41. The maximum absolute atomic E-state index is 15.0. The fourth-order valence-corrected chi connectivity index (χ4v) is 10.6. The Labute approximate surface area is 438 Å². The van der Waals surface area contributed by atoms with E-state index in [9.17, 15) is 63.2 Å². The Morgan fingerprint density at radius 1 is 0.321 bits per heavy atom. The summed E-state index contributed by atoms with van der Waals surface area (Å²) in [4.78, 5) is 0. The summed E-state index contributed by atoms with van der Waals surface area (Å²) >= 11 is 0. The Morgan fingerprint density at radius 3 is 1.21 bits per heavy atom. The van der Waals surface area contributed by atoms with Crippen molar-refractivity contribution in [1.29, 1.82) is 36.8 Å². The van der Waals surface area contributed by atoms with E-state index in [1.807, 2.05) is 47.0 Å². The fourth-order valence-electron chi connectivity index (χ4n) is 10.6. The highest BCUT2D eigenvalue weighted by atomic mass is 19.4. The Kier molecular flexibility index (Phi) is 11.6. The molecule has 366 valence electrons. The molecule has 2 heterocycles. The molecule has 11 aromatic rings. The van der Waals surface area contributed by atoms with Gasteiger partial charge in [-0.2, -0.15) is 63.2 Å². The molecule has 0 atom stereocenters. The van der Waals surface area contributed by atoms with Crippen molar-refractivity contribution in [3.05, 3.63) is 214 Å². The second-order valence-corrected chi connectivity index (χ2v) is 18.0. The van der Waals surface area contributed by atoms with Gasteiger partial charge in [-0.15, -0.1) is 0 Å². The summed E-state index contributed by atoms with van der Waals surface area (Å²) in [7, 11) is 0.